The first-order chi connectivity index (χ1) is 20.5. The number of thiazole rings is 1. The van der Waals surface area contributed by atoms with Gasteiger partial charge in [0.1, 0.15) is 5.52 Å². The van der Waals surface area contributed by atoms with Crippen LogP contribution in [0.5, 0.6) is 0 Å². The number of nitrogens with one attached hydrogen (secondary N) is 1. The average Bonchev–Trinajstić information content (AvgIpc) is 3.62. The Morgan fingerprint density at radius 3 is 2.69 bits per heavy atom. The molecule has 0 radical (unpaired) electrons. The summed E-state index contributed by atoms with van der Waals surface area (Å²) in [6.45, 7) is 3.79. The van der Waals surface area contributed by atoms with E-state index in [-0.39, 0.29) is 12.5 Å². The molecule has 2 aliphatic heterocycles. The number of pyridine rings is 1. The van der Waals surface area contributed by atoms with Gasteiger partial charge in [0.05, 0.1) is 17.8 Å². The van der Waals surface area contributed by atoms with E-state index in [1.807, 2.05) is 40.1 Å². The second-order valence-corrected chi connectivity index (χ2v) is 11.5. The summed E-state index contributed by atoms with van der Waals surface area (Å²) in [6, 6.07) is 14.1. The molecule has 7 rings (SSSR count). The number of carbonyl (C=O) groups is 2. The molecule has 0 aliphatic carbocycles. The molecule has 0 saturated carbocycles. The van der Waals surface area contributed by atoms with Crippen LogP contribution in [0.4, 0.5) is 17.2 Å². The lowest BCUT2D eigenvalue weighted by molar-refractivity contribution is -0.138. The van der Waals surface area contributed by atoms with Crippen LogP contribution in [-0.2, 0) is 24.2 Å². The molecule has 3 aromatic heterocycles. The molecule has 2 aromatic carbocycles. The molecular formula is C31H27N7O3S. The van der Waals surface area contributed by atoms with E-state index < -0.39 is 5.97 Å². The van der Waals surface area contributed by atoms with Crippen molar-refractivity contribution in [2.75, 3.05) is 29.9 Å². The number of carboxylic acid groups (broad SMARTS) is 1. The first-order valence-corrected chi connectivity index (χ1v) is 14.6. The number of hydrogen-bond donors (Lipinski definition) is 2. The van der Waals surface area contributed by atoms with Crippen LogP contribution in [0.3, 0.4) is 0 Å². The SMILES string of the molecule is Cc1c(Nc2nccc3nccnc23)cccc1-c1cccc2c1CCN2C(=O)c1nc2c(s1)CN(CC(=O)O)CC2. The predicted octanol–water partition coefficient (Wildman–Crippen LogP) is 4.85. The fourth-order valence-corrected chi connectivity index (χ4v) is 6.96. The monoisotopic (exact) mass is 577 g/mol. The lowest BCUT2D eigenvalue weighted by Gasteiger charge is -2.23. The van der Waals surface area contributed by atoms with Gasteiger partial charge in [-0.05, 0) is 53.8 Å². The number of benzene rings is 2. The van der Waals surface area contributed by atoms with Gasteiger partial charge in [-0.3, -0.25) is 19.5 Å². The maximum Gasteiger partial charge on any atom is 0.317 e. The molecule has 210 valence electrons. The molecule has 2 aliphatic rings. The van der Waals surface area contributed by atoms with Crippen LogP contribution in [0, 0.1) is 6.92 Å². The van der Waals surface area contributed by atoms with Crippen molar-refractivity contribution in [1.29, 1.82) is 0 Å². The maximum atomic E-state index is 13.7. The molecule has 0 unspecified atom stereocenters. The number of aliphatic carboxylic acids is 1. The van der Waals surface area contributed by atoms with E-state index >= 15 is 0 Å². The minimum Gasteiger partial charge on any atom is -0.480 e. The normalized spacial score (nSPS) is 14.5. The summed E-state index contributed by atoms with van der Waals surface area (Å²) in [4.78, 5) is 47.6. The van der Waals surface area contributed by atoms with Gasteiger partial charge in [-0.15, -0.1) is 11.3 Å². The third kappa shape index (κ3) is 4.66. The molecule has 5 aromatic rings. The van der Waals surface area contributed by atoms with Crippen molar-refractivity contribution < 1.29 is 14.7 Å². The highest BCUT2D eigenvalue weighted by Gasteiger charge is 2.31. The van der Waals surface area contributed by atoms with Gasteiger partial charge in [0.25, 0.3) is 5.91 Å². The van der Waals surface area contributed by atoms with Crippen LogP contribution in [0.2, 0.25) is 0 Å². The zero-order chi connectivity index (χ0) is 28.8. The van der Waals surface area contributed by atoms with Gasteiger partial charge in [-0.25, -0.2) is 15.0 Å². The maximum absolute atomic E-state index is 13.7. The second kappa shape index (κ2) is 10.6. The highest BCUT2D eigenvalue weighted by Crippen LogP contribution is 2.40. The molecule has 0 spiro atoms. The van der Waals surface area contributed by atoms with Crippen molar-refractivity contribution in [3.8, 4) is 11.1 Å². The first kappa shape index (κ1) is 26.2. The zero-order valence-electron chi connectivity index (χ0n) is 22.9. The van der Waals surface area contributed by atoms with Crippen molar-refractivity contribution in [2.24, 2.45) is 0 Å². The molecule has 11 heteroatoms. The molecule has 5 heterocycles. The van der Waals surface area contributed by atoms with E-state index in [1.54, 1.807) is 18.6 Å². The van der Waals surface area contributed by atoms with Crippen molar-refractivity contribution in [1.82, 2.24) is 24.8 Å². The Balaban J connectivity index is 1.17. The minimum absolute atomic E-state index is 0.00835. The van der Waals surface area contributed by atoms with Crippen LogP contribution < -0.4 is 10.2 Å². The molecule has 1 amide bonds. The third-order valence-corrected chi connectivity index (χ3v) is 8.96. The van der Waals surface area contributed by atoms with Gasteiger partial charge in [-0.1, -0.05) is 24.3 Å². The molecule has 0 bridgehead atoms. The Morgan fingerprint density at radius 1 is 0.976 bits per heavy atom. The first-order valence-electron chi connectivity index (χ1n) is 13.8. The van der Waals surface area contributed by atoms with Crippen molar-refractivity contribution in [3.63, 3.8) is 0 Å². The minimum atomic E-state index is -0.847. The Bertz CT molecular complexity index is 1870. The van der Waals surface area contributed by atoms with Crippen LogP contribution in [0.15, 0.2) is 61.1 Å². The number of hydrogen-bond acceptors (Lipinski definition) is 9. The Hall–Kier alpha value is -4.74. The lowest BCUT2D eigenvalue weighted by atomic mass is 9.93. The van der Waals surface area contributed by atoms with Gasteiger partial charge in [0.15, 0.2) is 10.8 Å². The molecular weight excluding hydrogens is 550 g/mol. The van der Waals surface area contributed by atoms with E-state index in [0.717, 1.165) is 56.1 Å². The lowest BCUT2D eigenvalue weighted by Crippen LogP contribution is -2.34. The van der Waals surface area contributed by atoms with Crippen LogP contribution in [-0.4, -0.2) is 61.5 Å². The largest absolute Gasteiger partial charge is 0.480 e. The molecule has 0 saturated heterocycles. The van der Waals surface area contributed by atoms with Gasteiger partial charge in [-0.2, -0.15) is 0 Å². The van der Waals surface area contributed by atoms with E-state index in [9.17, 15) is 9.59 Å². The number of carboxylic acids is 1. The summed E-state index contributed by atoms with van der Waals surface area (Å²) in [5.41, 5.74) is 8.59. The van der Waals surface area contributed by atoms with E-state index in [4.69, 9.17) is 5.11 Å². The Morgan fingerprint density at radius 2 is 1.81 bits per heavy atom. The van der Waals surface area contributed by atoms with Gasteiger partial charge in [0, 0.05) is 60.9 Å². The fourth-order valence-electron chi connectivity index (χ4n) is 5.86. The Kier molecular flexibility index (Phi) is 6.60. The Labute approximate surface area is 245 Å². The molecule has 0 fully saturated rings. The second-order valence-electron chi connectivity index (χ2n) is 10.4. The summed E-state index contributed by atoms with van der Waals surface area (Å²) in [5.74, 6) is -0.307. The van der Waals surface area contributed by atoms with Crippen molar-refractivity contribution in [3.05, 3.63) is 87.8 Å². The number of fused-ring (bicyclic) bond motifs is 3. The smallest absolute Gasteiger partial charge is 0.317 e. The van der Waals surface area contributed by atoms with Gasteiger partial charge < -0.3 is 15.3 Å². The van der Waals surface area contributed by atoms with Crippen molar-refractivity contribution >= 4 is 51.4 Å². The van der Waals surface area contributed by atoms with Crippen LogP contribution in [0.1, 0.15) is 31.5 Å². The molecule has 10 nitrogen and oxygen atoms in total. The number of nitrogens with zero attached hydrogens (tertiary/aromatic N) is 6. The highest BCUT2D eigenvalue weighted by atomic mass is 32.1. The highest BCUT2D eigenvalue weighted by molar-refractivity contribution is 7.13. The average molecular weight is 578 g/mol. The predicted molar refractivity (Wildman–Crippen MR) is 161 cm³/mol. The summed E-state index contributed by atoms with van der Waals surface area (Å²) in [6.07, 6.45) is 6.44. The summed E-state index contributed by atoms with van der Waals surface area (Å²) < 4.78 is 0. The van der Waals surface area contributed by atoms with Gasteiger partial charge in [0.2, 0.25) is 0 Å². The summed E-state index contributed by atoms with van der Waals surface area (Å²) in [7, 11) is 0. The number of rotatable bonds is 6. The standard InChI is InChI=1S/C31H27N7O3S/c1-18-19(4-2-6-22(18)35-29-28-24(8-11-34-29)32-12-13-33-28)20-5-3-7-25-21(20)9-15-38(25)31(41)30-36-23-10-14-37(17-27(39)40)16-26(23)42-30/h2-8,11-13H,9-10,14-17H2,1H3,(H,34,35)(H,39,40). The van der Waals surface area contributed by atoms with Crippen molar-refractivity contribution in [2.45, 2.75) is 26.3 Å². The topological polar surface area (TPSA) is 124 Å². The third-order valence-electron chi connectivity index (χ3n) is 7.89. The van der Waals surface area contributed by atoms with E-state index in [1.165, 1.54) is 11.3 Å². The summed E-state index contributed by atoms with van der Waals surface area (Å²) in [5, 5.41) is 13.1. The number of carbonyl (C=O) groups excluding carboxylic acids is 1. The molecule has 42 heavy (non-hydrogen) atoms. The van der Waals surface area contributed by atoms with E-state index in [2.05, 4.69) is 44.3 Å². The quantitative estimate of drug-likeness (QED) is 0.292. The zero-order valence-corrected chi connectivity index (χ0v) is 23.7. The summed E-state index contributed by atoms with van der Waals surface area (Å²) >= 11 is 1.38. The van der Waals surface area contributed by atoms with Gasteiger partial charge >= 0.3 is 5.97 Å². The van der Waals surface area contributed by atoms with Crippen LogP contribution in [0.25, 0.3) is 22.2 Å². The molecule has 2 N–H and O–H groups in total. The number of aromatic nitrogens is 4. The van der Waals surface area contributed by atoms with E-state index in [0.29, 0.717) is 42.4 Å². The number of anilines is 3. The molecule has 0 atom stereocenters. The number of amides is 1. The fraction of sp³-hybridized carbons (Fsp3) is 0.226. The van der Waals surface area contributed by atoms with Crippen LogP contribution >= 0.6 is 11.3 Å².